The van der Waals surface area contributed by atoms with E-state index in [0.29, 0.717) is 13.0 Å². The van der Waals surface area contributed by atoms with Gasteiger partial charge >= 0.3 is 5.97 Å². The van der Waals surface area contributed by atoms with Gasteiger partial charge in [0.15, 0.2) is 0 Å². The number of hydrogen-bond acceptors (Lipinski definition) is 4. The Labute approximate surface area is 122 Å². The zero-order chi connectivity index (χ0) is 14.1. The van der Waals surface area contributed by atoms with E-state index in [2.05, 4.69) is 6.07 Å². The van der Waals surface area contributed by atoms with Gasteiger partial charge in [-0.25, -0.2) is 4.79 Å². The summed E-state index contributed by atoms with van der Waals surface area (Å²) in [6, 6.07) is 7.62. The summed E-state index contributed by atoms with van der Waals surface area (Å²) in [5.74, 6) is 0.411. The second-order valence-corrected chi connectivity index (χ2v) is 6.18. The number of likely N-dealkylation sites (tertiary alicyclic amines) is 1. The zero-order valence-corrected chi connectivity index (χ0v) is 12.2. The Morgan fingerprint density at radius 1 is 1.35 bits per heavy atom. The Kier molecular flexibility index (Phi) is 3.70. The van der Waals surface area contributed by atoms with E-state index in [-0.39, 0.29) is 17.8 Å². The molecule has 2 atom stereocenters. The van der Waals surface area contributed by atoms with Crippen LogP contribution in [0.2, 0.25) is 0 Å². The van der Waals surface area contributed by atoms with Gasteiger partial charge in [0, 0.05) is 17.2 Å². The van der Waals surface area contributed by atoms with Gasteiger partial charge in [-0.1, -0.05) is 18.2 Å². The van der Waals surface area contributed by atoms with Crippen LogP contribution in [0.15, 0.2) is 29.2 Å². The third-order valence-corrected chi connectivity index (χ3v) is 5.19. The van der Waals surface area contributed by atoms with Crippen LogP contribution in [0.25, 0.3) is 0 Å². The highest BCUT2D eigenvalue weighted by Crippen LogP contribution is 2.41. The molecule has 0 bridgehead atoms. The molecule has 20 heavy (non-hydrogen) atoms. The highest BCUT2D eigenvalue weighted by molar-refractivity contribution is 7.99. The number of carbonyl (C=O) groups is 2. The van der Waals surface area contributed by atoms with E-state index in [1.807, 2.05) is 18.2 Å². The first-order chi connectivity index (χ1) is 9.72. The molecule has 106 valence electrons. The van der Waals surface area contributed by atoms with Gasteiger partial charge < -0.3 is 9.64 Å². The first-order valence-corrected chi connectivity index (χ1v) is 7.81. The highest BCUT2D eigenvalue weighted by atomic mass is 32.2. The number of amides is 1. The first-order valence-electron chi connectivity index (χ1n) is 6.82. The van der Waals surface area contributed by atoms with E-state index in [0.717, 1.165) is 17.7 Å². The number of carbonyl (C=O) groups excluding carboxylic acids is 2. The van der Waals surface area contributed by atoms with Crippen LogP contribution in [0.5, 0.6) is 0 Å². The molecule has 5 heteroatoms. The second-order valence-electron chi connectivity index (χ2n) is 5.11. The molecule has 0 saturated carbocycles. The maximum absolute atomic E-state index is 12.7. The van der Waals surface area contributed by atoms with E-state index < -0.39 is 6.04 Å². The van der Waals surface area contributed by atoms with E-state index in [9.17, 15) is 9.59 Å². The van der Waals surface area contributed by atoms with E-state index in [1.165, 1.54) is 12.0 Å². The van der Waals surface area contributed by atoms with Crippen molar-refractivity contribution in [3.05, 3.63) is 29.8 Å². The molecule has 2 aliphatic rings. The number of benzene rings is 1. The molecule has 1 saturated heterocycles. The number of hydrogen-bond donors (Lipinski definition) is 0. The number of ether oxygens (including phenoxy) is 1. The molecule has 1 amide bonds. The largest absolute Gasteiger partial charge is 0.467 e. The summed E-state index contributed by atoms with van der Waals surface area (Å²) >= 11 is 1.71. The van der Waals surface area contributed by atoms with Crippen molar-refractivity contribution in [2.45, 2.75) is 29.7 Å². The zero-order valence-electron chi connectivity index (χ0n) is 11.4. The molecule has 1 aromatic rings. The lowest BCUT2D eigenvalue weighted by Gasteiger charge is -2.25. The fourth-order valence-corrected chi connectivity index (χ4v) is 4.20. The summed E-state index contributed by atoms with van der Waals surface area (Å²) in [7, 11) is 1.38. The van der Waals surface area contributed by atoms with Crippen molar-refractivity contribution in [2.24, 2.45) is 0 Å². The lowest BCUT2D eigenvalue weighted by molar-refractivity contribution is -0.151. The van der Waals surface area contributed by atoms with Gasteiger partial charge in [0.25, 0.3) is 0 Å². The summed E-state index contributed by atoms with van der Waals surface area (Å²) in [6.07, 6.45) is 1.58. The predicted molar refractivity (Wildman–Crippen MR) is 76.7 cm³/mol. The van der Waals surface area contributed by atoms with Crippen molar-refractivity contribution >= 4 is 23.6 Å². The Balaban J connectivity index is 1.82. The lowest BCUT2D eigenvalue weighted by atomic mass is 9.99. The SMILES string of the molecule is COC(=O)C1CCCN1C(=O)C1CSc2ccccc21. The second kappa shape index (κ2) is 5.48. The van der Waals surface area contributed by atoms with Gasteiger partial charge in [0.2, 0.25) is 5.91 Å². The normalized spacial score (nSPS) is 24.6. The van der Waals surface area contributed by atoms with Crippen LogP contribution in [0.4, 0.5) is 0 Å². The molecular weight excluding hydrogens is 274 g/mol. The standard InChI is InChI=1S/C15H17NO3S/c1-19-15(18)12-6-4-8-16(12)14(17)11-9-20-13-7-3-2-5-10(11)13/h2-3,5,7,11-12H,4,6,8-9H2,1H3. The van der Waals surface area contributed by atoms with Crippen LogP contribution >= 0.6 is 11.8 Å². The van der Waals surface area contributed by atoms with Crippen molar-refractivity contribution in [1.82, 2.24) is 4.90 Å². The van der Waals surface area contributed by atoms with Crippen molar-refractivity contribution in [3.8, 4) is 0 Å². The minimum atomic E-state index is -0.398. The summed E-state index contributed by atoms with van der Waals surface area (Å²) in [5.41, 5.74) is 1.10. The third kappa shape index (κ3) is 2.20. The van der Waals surface area contributed by atoms with Gasteiger partial charge in [0.05, 0.1) is 13.0 Å². The maximum atomic E-state index is 12.7. The van der Waals surface area contributed by atoms with Crippen LogP contribution < -0.4 is 0 Å². The monoisotopic (exact) mass is 291 g/mol. The van der Waals surface area contributed by atoms with Crippen molar-refractivity contribution < 1.29 is 14.3 Å². The van der Waals surface area contributed by atoms with Crippen LogP contribution in [-0.2, 0) is 14.3 Å². The number of rotatable bonds is 2. The Morgan fingerprint density at radius 2 is 2.15 bits per heavy atom. The van der Waals surface area contributed by atoms with Gasteiger partial charge in [0.1, 0.15) is 6.04 Å². The summed E-state index contributed by atoms with van der Waals surface area (Å²) in [5, 5.41) is 0. The molecule has 1 fully saturated rings. The van der Waals surface area contributed by atoms with Crippen LogP contribution in [0, 0.1) is 0 Å². The fraction of sp³-hybridized carbons (Fsp3) is 0.467. The molecule has 2 heterocycles. The van der Waals surface area contributed by atoms with Crippen LogP contribution in [-0.4, -0.2) is 42.2 Å². The van der Waals surface area contributed by atoms with Gasteiger partial charge in [-0.05, 0) is 24.5 Å². The van der Waals surface area contributed by atoms with Gasteiger partial charge in [-0.15, -0.1) is 11.8 Å². The van der Waals surface area contributed by atoms with Crippen LogP contribution in [0.1, 0.15) is 24.3 Å². The van der Waals surface area contributed by atoms with Crippen LogP contribution in [0.3, 0.4) is 0 Å². The lowest BCUT2D eigenvalue weighted by Crippen LogP contribution is -2.43. The number of thioether (sulfide) groups is 1. The van der Waals surface area contributed by atoms with Gasteiger partial charge in [-0.2, -0.15) is 0 Å². The summed E-state index contributed by atoms with van der Waals surface area (Å²) in [4.78, 5) is 27.4. The minimum Gasteiger partial charge on any atom is -0.467 e. The molecule has 1 aromatic carbocycles. The number of fused-ring (bicyclic) bond motifs is 1. The average molecular weight is 291 g/mol. The molecular formula is C15H17NO3S. The Bertz CT molecular complexity index is 546. The first kappa shape index (κ1) is 13.5. The molecule has 3 rings (SSSR count). The van der Waals surface area contributed by atoms with E-state index in [4.69, 9.17) is 4.74 Å². The molecule has 0 radical (unpaired) electrons. The average Bonchev–Trinajstić information content (AvgIpc) is 3.12. The molecule has 0 N–H and O–H groups in total. The summed E-state index contributed by atoms with van der Waals surface area (Å²) in [6.45, 7) is 0.655. The maximum Gasteiger partial charge on any atom is 0.328 e. The topological polar surface area (TPSA) is 46.6 Å². The number of nitrogens with zero attached hydrogens (tertiary/aromatic N) is 1. The summed E-state index contributed by atoms with van der Waals surface area (Å²) < 4.78 is 4.81. The molecule has 0 aromatic heterocycles. The molecule has 2 aliphatic heterocycles. The number of methoxy groups -OCH3 is 1. The molecule has 2 unspecified atom stereocenters. The van der Waals surface area contributed by atoms with Crippen molar-refractivity contribution in [2.75, 3.05) is 19.4 Å². The fourth-order valence-electron chi connectivity index (χ4n) is 2.98. The third-order valence-electron chi connectivity index (χ3n) is 4.01. The quantitative estimate of drug-likeness (QED) is 0.782. The Morgan fingerprint density at radius 3 is 2.95 bits per heavy atom. The Hall–Kier alpha value is -1.49. The van der Waals surface area contributed by atoms with E-state index in [1.54, 1.807) is 16.7 Å². The molecule has 0 aliphatic carbocycles. The highest BCUT2D eigenvalue weighted by Gasteiger charge is 2.40. The minimum absolute atomic E-state index is 0.0651. The van der Waals surface area contributed by atoms with Gasteiger partial charge in [-0.3, -0.25) is 4.79 Å². The molecule has 0 spiro atoms. The number of esters is 1. The van der Waals surface area contributed by atoms with E-state index >= 15 is 0 Å². The smallest absolute Gasteiger partial charge is 0.328 e. The van der Waals surface area contributed by atoms with Crippen molar-refractivity contribution in [3.63, 3.8) is 0 Å². The van der Waals surface area contributed by atoms with Crippen molar-refractivity contribution in [1.29, 1.82) is 0 Å². The molecule has 4 nitrogen and oxygen atoms in total. The predicted octanol–water partition coefficient (Wildman–Crippen LogP) is 2.04.